The molecular formula is C41H52Ac2N2O12. The molecule has 3 aliphatic carbocycles. The molecule has 11 atom stereocenters. The molecule has 3 fully saturated rings. The molecule has 2 radical (unpaired) electrons. The van der Waals surface area contributed by atoms with Gasteiger partial charge in [0.1, 0.15) is 29.5 Å². The van der Waals surface area contributed by atoms with Crippen molar-refractivity contribution >= 4 is 23.8 Å². The zero-order valence-corrected chi connectivity index (χ0v) is 42.6. The van der Waals surface area contributed by atoms with Gasteiger partial charge in [0, 0.05) is 125 Å². The fourth-order valence-corrected chi connectivity index (χ4v) is 9.46. The summed E-state index contributed by atoms with van der Waals surface area (Å²) in [6, 6.07) is 14.5. The van der Waals surface area contributed by atoms with E-state index >= 15 is 0 Å². The van der Waals surface area contributed by atoms with Gasteiger partial charge in [-0.05, 0) is 56.5 Å². The third-order valence-electron chi connectivity index (χ3n) is 12.9. The maximum absolute atomic E-state index is 14.7. The van der Waals surface area contributed by atoms with Crippen LogP contribution in [0.2, 0.25) is 0 Å². The minimum atomic E-state index is -2.29. The average Bonchev–Trinajstić information content (AvgIpc) is 3.16. The molecule has 2 saturated carbocycles. The molecule has 1 aliphatic heterocycles. The molecule has 57 heavy (non-hydrogen) atoms. The number of ketones is 1. The van der Waals surface area contributed by atoms with Gasteiger partial charge in [-0.25, -0.2) is 14.4 Å². The summed E-state index contributed by atoms with van der Waals surface area (Å²) in [6.45, 7) is 10.0. The van der Waals surface area contributed by atoms with E-state index in [9.17, 15) is 44.7 Å². The van der Waals surface area contributed by atoms with Crippen molar-refractivity contribution in [1.82, 2.24) is 10.2 Å². The van der Waals surface area contributed by atoms with Crippen molar-refractivity contribution in [2.24, 2.45) is 16.7 Å². The van der Waals surface area contributed by atoms with Gasteiger partial charge in [0.15, 0.2) is 11.9 Å². The van der Waals surface area contributed by atoms with Crippen LogP contribution < -0.4 is 5.32 Å². The molecule has 2 aromatic rings. The number of Topliss-reactive ketones (excluding diaryl/α,β-unsaturated/α-hetero) is 1. The average molecular weight is 1220 g/mol. The molecule has 2 aromatic carbocycles. The second-order valence-corrected chi connectivity index (χ2v) is 16.0. The maximum Gasteiger partial charge on any atom is 0.338 e. The van der Waals surface area contributed by atoms with E-state index in [4.69, 9.17) is 14.2 Å². The normalized spacial score (nSPS) is 33.5. The Morgan fingerprint density at radius 3 is 2.07 bits per heavy atom. The van der Waals surface area contributed by atoms with E-state index in [0.29, 0.717) is 18.7 Å². The van der Waals surface area contributed by atoms with E-state index in [1.807, 2.05) is 0 Å². The number of nitrogens with one attached hydrogen (secondary N) is 1. The third kappa shape index (κ3) is 8.13. The molecule has 2 amide bonds. The van der Waals surface area contributed by atoms with Crippen LogP contribution >= 0.6 is 0 Å². The van der Waals surface area contributed by atoms with E-state index in [1.165, 1.54) is 30.9 Å². The molecule has 16 heteroatoms. The molecule has 0 spiro atoms. The molecule has 4 aliphatic rings. The van der Waals surface area contributed by atoms with Crippen LogP contribution in [0.25, 0.3) is 0 Å². The van der Waals surface area contributed by atoms with Gasteiger partial charge in [0.25, 0.3) is 0 Å². The van der Waals surface area contributed by atoms with E-state index in [2.05, 4.69) is 5.32 Å². The maximum atomic E-state index is 14.7. The number of carbonyl (C=O) groups is 4. The Labute approximate surface area is 404 Å². The summed E-state index contributed by atoms with van der Waals surface area (Å²) in [6.07, 6.45) is -10.2. The first kappa shape index (κ1) is 48.4. The topological polar surface area (TPSA) is 212 Å². The largest absolute Gasteiger partial charge is 0.456 e. The standard InChI is InChI=1S/C41H52N2O12.2Ac/c1-7-43(8-2)37(50)42-29(23-15-11-9-12-16-23)31(46)36(49)54-25-20-41(52)34(55-35(48)24-17-13-10-14-18-24)32-39(6,26(44)19-27-40(32,51)21-53-27)33(47)30(45)28(22(25)3)38(41,4)5;;/h9-18,25-27,29-32,34,44-46,51-52H,7-8,19-21H2,1-6H3,(H,42,50);;/t25?,26?,27?,29?,30?,31?,32?,34?,39-,40?,41?;;/m1../s1. The monoisotopic (exact) mass is 1220 g/mol. The number of hydrogen-bond acceptors (Lipinski definition) is 12. The summed E-state index contributed by atoms with van der Waals surface area (Å²) < 4.78 is 17.9. The molecular weight excluding hydrogens is 1170 g/mol. The van der Waals surface area contributed by atoms with Crippen LogP contribution in [0, 0.1) is 105 Å². The third-order valence-corrected chi connectivity index (χ3v) is 12.9. The Morgan fingerprint density at radius 1 is 0.947 bits per heavy atom. The summed E-state index contributed by atoms with van der Waals surface area (Å²) in [5.74, 6) is -4.47. The summed E-state index contributed by atoms with van der Waals surface area (Å²) >= 11 is 0. The van der Waals surface area contributed by atoms with Crippen molar-refractivity contribution in [2.45, 2.75) is 108 Å². The van der Waals surface area contributed by atoms with Crippen LogP contribution in [-0.2, 0) is 23.8 Å². The Hall–Kier alpha value is -1.30. The first-order valence-corrected chi connectivity index (χ1v) is 18.8. The number of rotatable bonds is 9. The summed E-state index contributed by atoms with van der Waals surface area (Å²) in [5, 5.41) is 63.5. The molecule has 6 N–H and O–H groups in total. The van der Waals surface area contributed by atoms with Crippen molar-refractivity contribution < 1.29 is 147 Å². The van der Waals surface area contributed by atoms with Gasteiger partial charge in [-0.1, -0.05) is 62.4 Å². The molecule has 10 unspecified atom stereocenters. The van der Waals surface area contributed by atoms with Crippen LogP contribution in [0.15, 0.2) is 71.8 Å². The van der Waals surface area contributed by atoms with Crippen molar-refractivity contribution in [3.63, 3.8) is 0 Å². The van der Waals surface area contributed by atoms with Crippen LogP contribution in [0.3, 0.4) is 0 Å². The van der Waals surface area contributed by atoms with Gasteiger partial charge in [-0.2, -0.15) is 0 Å². The minimum absolute atomic E-state index is 0. The van der Waals surface area contributed by atoms with E-state index < -0.39 is 101 Å². The molecule has 0 aromatic heterocycles. The molecule has 1 heterocycles. The number of benzene rings is 2. The number of aliphatic hydroxyl groups is 5. The molecule has 6 rings (SSSR count). The van der Waals surface area contributed by atoms with Crippen molar-refractivity contribution in [3.05, 3.63) is 82.9 Å². The molecule has 2 bridgehead atoms. The number of urea groups is 1. The quantitative estimate of drug-likeness (QED) is 0.158. The fourth-order valence-electron chi connectivity index (χ4n) is 9.46. The first-order chi connectivity index (χ1) is 25.9. The Kier molecular flexibility index (Phi) is 15.6. The predicted octanol–water partition coefficient (Wildman–Crippen LogP) is 2.22. The van der Waals surface area contributed by atoms with Crippen molar-refractivity contribution in [2.75, 3.05) is 19.7 Å². The summed E-state index contributed by atoms with van der Waals surface area (Å²) in [7, 11) is 0. The zero-order valence-electron chi connectivity index (χ0n) is 33.1. The molecule has 1 saturated heterocycles. The Bertz CT molecular complexity index is 1840. The van der Waals surface area contributed by atoms with Gasteiger partial charge in [-0.15, -0.1) is 0 Å². The number of fused-ring (bicyclic) bond motifs is 5. The van der Waals surface area contributed by atoms with E-state index in [1.54, 1.807) is 76.2 Å². The number of hydrogen-bond donors (Lipinski definition) is 6. The number of amides is 2. The predicted molar refractivity (Wildman–Crippen MR) is 196 cm³/mol. The zero-order chi connectivity index (χ0) is 40.2. The summed E-state index contributed by atoms with van der Waals surface area (Å²) in [5.41, 5.74) is -7.04. The van der Waals surface area contributed by atoms with Crippen molar-refractivity contribution in [3.8, 4) is 0 Å². The van der Waals surface area contributed by atoms with Crippen molar-refractivity contribution in [1.29, 1.82) is 0 Å². The second-order valence-electron chi connectivity index (χ2n) is 16.0. The molecule has 304 valence electrons. The number of nitrogens with zero attached hydrogens (tertiary/aromatic N) is 1. The SMILES string of the molecule is CCN(CC)C(=O)NC(c1ccccc1)C(O)C(=O)OC1CC2(O)C(OC(=O)c3ccccc3)C3C4(O)COC4CC(O)[C@@]3(C)C(=O)C(O)C(=C1C)C2(C)C.[Ac].[Ac]. The fraction of sp³-hybridized carbons (Fsp3) is 0.561. The van der Waals surface area contributed by atoms with Gasteiger partial charge in [-0.3, -0.25) is 4.79 Å². The number of ether oxygens (including phenoxy) is 3. The van der Waals surface area contributed by atoms with Crippen LogP contribution in [-0.4, -0.2) is 122 Å². The molecule has 14 nitrogen and oxygen atoms in total. The van der Waals surface area contributed by atoms with Gasteiger partial charge in [0.2, 0.25) is 0 Å². The minimum Gasteiger partial charge on any atom is -0.456 e. The second kappa shape index (κ2) is 18.4. The van der Waals surface area contributed by atoms with E-state index in [0.717, 1.165) is 0 Å². The Balaban J connectivity index is 0.00000360. The smallest absolute Gasteiger partial charge is 0.338 e. The summed E-state index contributed by atoms with van der Waals surface area (Å²) in [4.78, 5) is 57.3. The number of aliphatic hydroxyl groups excluding tert-OH is 3. The van der Waals surface area contributed by atoms with Gasteiger partial charge >= 0.3 is 18.0 Å². The Morgan fingerprint density at radius 2 is 1.53 bits per heavy atom. The first-order valence-electron chi connectivity index (χ1n) is 18.8. The van der Waals surface area contributed by atoms with Crippen LogP contribution in [0.1, 0.15) is 76.3 Å². The van der Waals surface area contributed by atoms with Gasteiger partial charge < -0.3 is 50.0 Å². The van der Waals surface area contributed by atoms with Crippen LogP contribution in [0.4, 0.5) is 4.79 Å². The van der Waals surface area contributed by atoms with E-state index in [-0.39, 0.29) is 118 Å². The number of esters is 2. The van der Waals surface area contributed by atoms with Crippen LogP contribution in [0.5, 0.6) is 0 Å². The number of carbonyl (C=O) groups excluding carboxylic acids is 4. The van der Waals surface area contributed by atoms with Gasteiger partial charge in [0.05, 0.1) is 35.8 Å².